The first-order valence-corrected chi connectivity index (χ1v) is 2.80. The lowest BCUT2D eigenvalue weighted by Gasteiger charge is -1.75. The Morgan fingerprint density at radius 1 is 1.86 bits per heavy atom. The van der Waals surface area contributed by atoms with Gasteiger partial charge in [-0.3, -0.25) is 0 Å². The Morgan fingerprint density at radius 2 is 2.71 bits per heavy atom. The highest BCUT2D eigenvalue weighted by Crippen LogP contribution is 2.02. The number of aromatic nitrogens is 1. The molecule has 0 bridgehead atoms. The van der Waals surface area contributed by atoms with Gasteiger partial charge in [0, 0.05) is 11.1 Å². The third kappa shape index (κ3) is 0.996. The molecular weight excluding hydrogens is 106 g/mol. The van der Waals surface area contributed by atoms with Gasteiger partial charge in [0.25, 0.3) is 0 Å². The fraction of sp³-hybridized carbons (Fsp3) is 0.200. The molecule has 0 unspecified atom stereocenters. The predicted octanol–water partition coefficient (Wildman–Crippen LogP) is 1.40. The van der Waals surface area contributed by atoms with E-state index in [1.54, 1.807) is 6.20 Å². The molecule has 0 spiro atoms. The summed E-state index contributed by atoms with van der Waals surface area (Å²) in [6, 6.07) is 1.92. The highest BCUT2D eigenvalue weighted by atomic mass is 32.1. The van der Waals surface area contributed by atoms with E-state index in [9.17, 15) is 0 Å². The first-order valence-electron chi connectivity index (χ1n) is 2.03. The van der Waals surface area contributed by atoms with Gasteiger partial charge in [-0.15, -0.1) is 0 Å². The minimum absolute atomic E-state index is 0.616. The van der Waals surface area contributed by atoms with Crippen LogP contribution in [0.2, 0.25) is 0 Å². The smallest absolute Gasteiger partial charge is 0.0409 e. The second-order valence-electron chi connectivity index (χ2n) is 1.18. The van der Waals surface area contributed by atoms with Gasteiger partial charge < -0.3 is 0 Å². The van der Waals surface area contributed by atoms with Gasteiger partial charge in [0.05, 0.1) is 0 Å². The molecular formula is C5H5NS. The molecule has 0 saturated heterocycles. The van der Waals surface area contributed by atoms with Crippen molar-refractivity contribution in [3.05, 3.63) is 24.1 Å². The predicted molar refractivity (Wildman–Crippen MR) is 30.1 cm³/mol. The molecule has 2 heteroatoms. The molecule has 0 saturated carbocycles. The van der Waals surface area contributed by atoms with Crippen molar-refractivity contribution in [2.24, 2.45) is 0 Å². The maximum absolute atomic E-state index is 5.26. The minimum atomic E-state index is 0.616. The molecule has 0 fully saturated rings. The van der Waals surface area contributed by atoms with Crippen molar-refractivity contribution in [3.8, 4) is 0 Å². The molecule has 0 N–H and O–H groups in total. The van der Waals surface area contributed by atoms with Crippen LogP contribution in [0.3, 0.4) is 0 Å². The molecule has 0 aliphatic heterocycles. The standard InChI is InChI=1S/C5H5NS/c1-2-5-3-4-6-7-5/h1,3-4H,2H2. The Hall–Kier alpha value is -0.370. The van der Waals surface area contributed by atoms with Crippen LogP contribution in [-0.4, -0.2) is 4.37 Å². The maximum atomic E-state index is 5.26. The number of hydrogen-bond donors (Lipinski definition) is 0. The lowest BCUT2D eigenvalue weighted by Crippen LogP contribution is -1.64. The first-order chi connectivity index (χ1) is 3.43. The van der Waals surface area contributed by atoms with Crippen molar-refractivity contribution in [1.29, 1.82) is 0 Å². The third-order valence-electron chi connectivity index (χ3n) is 0.692. The SMILES string of the molecule is [CH]Cc1ccns1. The summed E-state index contributed by atoms with van der Waals surface area (Å²) in [5.74, 6) is 0. The molecule has 0 amide bonds. The summed E-state index contributed by atoms with van der Waals surface area (Å²) in [4.78, 5) is 1.14. The number of hydrogen-bond acceptors (Lipinski definition) is 2. The van der Waals surface area contributed by atoms with E-state index in [4.69, 9.17) is 6.92 Å². The van der Waals surface area contributed by atoms with Crippen molar-refractivity contribution in [2.75, 3.05) is 0 Å². The van der Waals surface area contributed by atoms with Crippen molar-refractivity contribution in [1.82, 2.24) is 4.37 Å². The van der Waals surface area contributed by atoms with Gasteiger partial charge in [0.15, 0.2) is 0 Å². The molecule has 1 aromatic heterocycles. The van der Waals surface area contributed by atoms with Crippen LogP contribution in [0.25, 0.3) is 0 Å². The molecule has 7 heavy (non-hydrogen) atoms. The fourth-order valence-electron chi connectivity index (χ4n) is 0.347. The van der Waals surface area contributed by atoms with Crippen LogP contribution >= 0.6 is 11.5 Å². The molecule has 0 aliphatic carbocycles. The minimum Gasteiger partial charge on any atom is -0.201 e. The van der Waals surface area contributed by atoms with E-state index in [1.165, 1.54) is 11.5 Å². The van der Waals surface area contributed by atoms with E-state index >= 15 is 0 Å². The Morgan fingerprint density at radius 3 is 3.00 bits per heavy atom. The lowest BCUT2D eigenvalue weighted by atomic mass is 10.4. The van der Waals surface area contributed by atoms with Gasteiger partial charge in [-0.25, -0.2) is 4.37 Å². The molecule has 36 valence electrons. The van der Waals surface area contributed by atoms with Crippen LogP contribution in [0.1, 0.15) is 4.88 Å². The molecule has 1 heterocycles. The molecule has 2 radical (unpaired) electrons. The summed E-state index contributed by atoms with van der Waals surface area (Å²) in [6.07, 6.45) is 2.37. The van der Waals surface area contributed by atoms with Crippen molar-refractivity contribution < 1.29 is 0 Å². The van der Waals surface area contributed by atoms with Crippen LogP contribution in [0.15, 0.2) is 12.3 Å². The Labute approximate surface area is 47.2 Å². The van der Waals surface area contributed by atoms with Gasteiger partial charge in [-0.2, -0.15) is 0 Å². The number of nitrogens with zero attached hydrogens (tertiary/aromatic N) is 1. The van der Waals surface area contributed by atoms with E-state index in [0.717, 1.165) is 4.88 Å². The summed E-state index contributed by atoms with van der Waals surface area (Å²) >= 11 is 1.45. The quantitative estimate of drug-likeness (QED) is 0.533. The van der Waals surface area contributed by atoms with Crippen LogP contribution in [0.4, 0.5) is 0 Å². The average molecular weight is 111 g/mol. The van der Waals surface area contributed by atoms with Gasteiger partial charge in [0.1, 0.15) is 0 Å². The molecule has 0 aliphatic rings. The van der Waals surface area contributed by atoms with Crippen molar-refractivity contribution in [2.45, 2.75) is 6.42 Å². The Bertz CT molecular complexity index is 123. The highest BCUT2D eigenvalue weighted by molar-refractivity contribution is 7.05. The highest BCUT2D eigenvalue weighted by Gasteiger charge is 1.84. The molecule has 1 nitrogen and oxygen atoms in total. The molecule has 1 rings (SSSR count). The van der Waals surface area contributed by atoms with Gasteiger partial charge in [-0.1, -0.05) is 0 Å². The monoisotopic (exact) mass is 111 g/mol. The third-order valence-corrected chi connectivity index (χ3v) is 1.46. The van der Waals surface area contributed by atoms with E-state index in [-0.39, 0.29) is 0 Å². The van der Waals surface area contributed by atoms with Crippen LogP contribution in [0.5, 0.6) is 0 Å². The lowest BCUT2D eigenvalue weighted by molar-refractivity contribution is 1.35. The molecule has 0 atom stereocenters. The van der Waals surface area contributed by atoms with Gasteiger partial charge in [0.2, 0.25) is 0 Å². The normalized spacial score (nSPS) is 9.29. The zero-order valence-corrected chi connectivity index (χ0v) is 4.61. The van der Waals surface area contributed by atoms with Gasteiger partial charge in [-0.05, 0) is 30.9 Å². The van der Waals surface area contributed by atoms with E-state index < -0.39 is 0 Å². The van der Waals surface area contributed by atoms with Crippen LogP contribution in [-0.2, 0) is 6.42 Å². The second kappa shape index (κ2) is 2.07. The Balaban J connectivity index is 2.76. The van der Waals surface area contributed by atoms with E-state index in [2.05, 4.69) is 4.37 Å². The van der Waals surface area contributed by atoms with E-state index in [0.29, 0.717) is 6.42 Å². The van der Waals surface area contributed by atoms with E-state index in [1.807, 2.05) is 6.07 Å². The summed E-state index contributed by atoms with van der Waals surface area (Å²) in [6.45, 7) is 5.26. The Kier molecular flexibility index (Phi) is 1.42. The topological polar surface area (TPSA) is 12.9 Å². The van der Waals surface area contributed by atoms with Crippen molar-refractivity contribution in [3.63, 3.8) is 0 Å². The fourth-order valence-corrected chi connectivity index (χ4v) is 0.801. The second-order valence-corrected chi connectivity index (χ2v) is 2.10. The van der Waals surface area contributed by atoms with Gasteiger partial charge >= 0.3 is 0 Å². The van der Waals surface area contributed by atoms with Crippen LogP contribution in [0, 0.1) is 6.92 Å². The average Bonchev–Trinajstić information content (AvgIpc) is 2.14. The summed E-state index contributed by atoms with van der Waals surface area (Å²) < 4.78 is 3.85. The summed E-state index contributed by atoms with van der Waals surface area (Å²) in [5, 5.41) is 0. The largest absolute Gasteiger partial charge is 0.201 e. The summed E-state index contributed by atoms with van der Waals surface area (Å²) in [5.41, 5.74) is 0. The first kappa shape index (κ1) is 4.78. The molecule has 1 aromatic rings. The number of rotatable bonds is 1. The molecule has 0 aromatic carbocycles. The maximum Gasteiger partial charge on any atom is 0.0409 e. The summed E-state index contributed by atoms with van der Waals surface area (Å²) in [7, 11) is 0. The zero-order valence-electron chi connectivity index (χ0n) is 3.79. The van der Waals surface area contributed by atoms with Crippen LogP contribution < -0.4 is 0 Å². The van der Waals surface area contributed by atoms with Crippen molar-refractivity contribution >= 4 is 11.5 Å². The zero-order chi connectivity index (χ0) is 5.11.